The molecule has 1 aromatic carbocycles. The number of hydrogen-bond donors (Lipinski definition) is 0. The van der Waals surface area contributed by atoms with Gasteiger partial charge in [0, 0.05) is 19.9 Å². The van der Waals surface area contributed by atoms with Gasteiger partial charge < -0.3 is 0 Å². The second-order valence-corrected chi connectivity index (χ2v) is 4.78. The zero-order valence-corrected chi connectivity index (χ0v) is 9.94. The summed E-state index contributed by atoms with van der Waals surface area (Å²) in [4.78, 5) is 0. The lowest BCUT2D eigenvalue weighted by Crippen LogP contribution is -2.38. The lowest BCUT2D eigenvalue weighted by molar-refractivity contribution is -0.695. The molecule has 16 heavy (non-hydrogen) atoms. The molecule has 2 aromatic rings. The van der Waals surface area contributed by atoms with Crippen LogP contribution in [0.2, 0.25) is 0 Å². The number of aryl methyl sites for hydroxylation is 2. The predicted molar refractivity (Wildman–Crippen MR) is 59.4 cm³/mol. The normalized spacial score (nSPS) is 10.8. The van der Waals surface area contributed by atoms with Crippen LogP contribution in [-0.4, -0.2) is 0 Å². The molecule has 0 radical (unpaired) electrons. The van der Waals surface area contributed by atoms with Crippen LogP contribution in [0.1, 0.15) is 16.3 Å². The molecule has 0 aliphatic carbocycles. The first-order valence-corrected chi connectivity index (χ1v) is 5.84. The lowest BCUT2D eigenvalue weighted by atomic mass is 10.2. The molecule has 4 heteroatoms. The Morgan fingerprint density at radius 3 is 2.56 bits per heavy atom. The number of nitrogens with zero attached hydrogens (tertiary/aromatic N) is 1. The molecule has 1 heterocycles. The van der Waals surface area contributed by atoms with Crippen LogP contribution >= 0.6 is 11.3 Å². The van der Waals surface area contributed by atoms with E-state index in [9.17, 15) is 8.78 Å². The summed E-state index contributed by atoms with van der Waals surface area (Å²) in [5.74, 6) is -1.03. The van der Waals surface area contributed by atoms with Crippen LogP contribution in [0, 0.1) is 25.5 Å². The van der Waals surface area contributed by atoms with Crippen LogP contribution < -0.4 is 4.57 Å². The van der Waals surface area contributed by atoms with E-state index < -0.39 is 11.6 Å². The van der Waals surface area contributed by atoms with Gasteiger partial charge in [-0.2, -0.15) is 4.57 Å². The molecule has 0 saturated carbocycles. The minimum Gasteiger partial charge on any atom is -0.207 e. The molecule has 0 aliphatic rings. The Labute approximate surface area is 97.0 Å². The number of thiazole rings is 1. The van der Waals surface area contributed by atoms with Gasteiger partial charge in [-0.3, -0.25) is 0 Å². The van der Waals surface area contributed by atoms with E-state index in [1.54, 1.807) is 11.3 Å². The number of rotatable bonds is 2. The molecule has 0 amide bonds. The predicted octanol–water partition coefficient (Wildman–Crippen LogP) is 2.98. The van der Waals surface area contributed by atoms with Crippen LogP contribution in [0.15, 0.2) is 23.6 Å². The van der Waals surface area contributed by atoms with Crippen molar-refractivity contribution in [1.82, 2.24) is 0 Å². The van der Waals surface area contributed by atoms with E-state index >= 15 is 0 Å². The molecule has 0 bridgehead atoms. The Bertz CT molecular complexity index is 500. The van der Waals surface area contributed by atoms with Crippen molar-refractivity contribution in [3.05, 3.63) is 51.5 Å². The van der Waals surface area contributed by atoms with Crippen molar-refractivity contribution in [2.75, 3.05) is 0 Å². The molecule has 0 aliphatic heterocycles. The third-order valence-electron chi connectivity index (χ3n) is 2.55. The molecular weight excluding hydrogens is 228 g/mol. The summed E-state index contributed by atoms with van der Waals surface area (Å²) < 4.78 is 28.2. The minimum absolute atomic E-state index is 0.452. The Morgan fingerprint density at radius 2 is 2.00 bits per heavy atom. The summed E-state index contributed by atoms with van der Waals surface area (Å²) in [6, 6.07) is 3.71. The van der Waals surface area contributed by atoms with Gasteiger partial charge in [0.05, 0.1) is 10.9 Å². The molecule has 84 valence electrons. The molecule has 0 N–H and O–H groups in total. The van der Waals surface area contributed by atoms with Crippen molar-refractivity contribution in [3.8, 4) is 0 Å². The summed E-state index contributed by atoms with van der Waals surface area (Å²) >= 11 is 1.63. The average molecular weight is 240 g/mol. The zero-order valence-electron chi connectivity index (χ0n) is 9.13. The van der Waals surface area contributed by atoms with E-state index in [2.05, 4.69) is 0 Å². The Morgan fingerprint density at radius 1 is 1.25 bits per heavy atom. The molecule has 2 rings (SSSR count). The zero-order chi connectivity index (χ0) is 11.7. The minimum atomic E-state index is -0.537. The fraction of sp³-hybridized carbons (Fsp3) is 0.250. The molecule has 0 unspecified atom stereocenters. The lowest BCUT2D eigenvalue weighted by Gasteiger charge is -2.00. The summed E-state index contributed by atoms with van der Waals surface area (Å²) in [6.45, 7) is 4.41. The van der Waals surface area contributed by atoms with Crippen LogP contribution in [-0.2, 0) is 6.54 Å². The maximum atomic E-state index is 13.5. The van der Waals surface area contributed by atoms with E-state index in [1.807, 2.05) is 23.8 Å². The second-order valence-electron chi connectivity index (χ2n) is 3.72. The van der Waals surface area contributed by atoms with E-state index in [4.69, 9.17) is 0 Å². The van der Waals surface area contributed by atoms with Crippen molar-refractivity contribution in [1.29, 1.82) is 0 Å². The van der Waals surface area contributed by atoms with Crippen LogP contribution in [0.3, 0.4) is 0 Å². The third-order valence-corrected chi connectivity index (χ3v) is 3.57. The van der Waals surface area contributed by atoms with E-state index in [-0.39, 0.29) is 0 Å². The highest BCUT2D eigenvalue weighted by atomic mass is 32.1. The first kappa shape index (κ1) is 11.2. The van der Waals surface area contributed by atoms with Gasteiger partial charge in [0.25, 0.3) is 0 Å². The maximum Gasteiger partial charge on any atom is 0.234 e. The molecule has 1 aromatic heterocycles. The van der Waals surface area contributed by atoms with Gasteiger partial charge in [-0.05, 0) is 12.1 Å². The average Bonchev–Trinajstić information content (AvgIpc) is 2.53. The number of hydrogen-bond acceptors (Lipinski definition) is 1. The molecule has 0 spiro atoms. The summed E-state index contributed by atoms with van der Waals surface area (Å²) in [5.41, 5.74) is 1.60. The van der Waals surface area contributed by atoms with Crippen molar-refractivity contribution in [2.45, 2.75) is 20.4 Å². The Hall–Kier alpha value is -1.29. The smallest absolute Gasteiger partial charge is 0.207 e. The molecule has 0 atom stereocenters. The van der Waals surface area contributed by atoms with Gasteiger partial charge in [0.1, 0.15) is 11.6 Å². The largest absolute Gasteiger partial charge is 0.234 e. The quantitative estimate of drug-likeness (QED) is 0.710. The van der Waals surface area contributed by atoms with Crippen LogP contribution in [0.25, 0.3) is 0 Å². The highest BCUT2D eigenvalue weighted by molar-refractivity contribution is 7.09. The van der Waals surface area contributed by atoms with Gasteiger partial charge >= 0.3 is 0 Å². The second kappa shape index (κ2) is 4.29. The first-order valence-electron chi connectivity index (χ1n) is 4.96. The molecule has 0 fully saturated rings. The SMILES string of the molecule is Cc1csc(C)[n+]1Cc1ccc(F)cc1F. The van der Waals surface area contributed by atoms with E-state index in [0.29, 0.717) is 12.1 Å². The topological polar surface area (TPSA) is 3.88 Å². The van der Waals surface area contributed by atoms with Crippen molar-refractivity contribution >= 4 is 11.3 Å². The summed E-state index contributed by atoms with van der Waals surface area (Å²) in [6.07, 6.45) is 0. The van der Waals surface area contributed by atoms with Crippen LogP contribution in [0.4, 0.5) is 8.78 Å². The van der Waals surface area contributed by atoms with Gasteiger partial charge in [-0.25, -0.2) is 8.78 Å². The van der Waals surface area contributed by atoms with Gasteiger partial charge in [-0.15, -0.1) is 0 Å². The number of halogens is 2. The standard InChI is InChI=1S/C12H12F2NS/c1-8-7-16-9(2)15(8)6-10-3-4-11(13)5-12(10)14/h3-5,7H,6H2,1-2H3/q+1. The van der Waals surface area contributed by atoms with Crippen LogP contribution in [0.5, 0.6) is 0 Å². The van der Waals surface area contributed by atoms with Crippen molar-refractivity contribution in [3.63, 3.8) is 0 Å². The van der Waals surface area contributed by atoms with E-state index in [1.165, 1.54) is 12.1 Å². The van der Waals surface area contributed by atoms with Gasteiger partial charge in [0.15, 0.2) is 12.2 Å². The number of aromatic nitrogens is 1. The Kier molecular flexibility index (Phi) is 3.01. The molecule has 0 saturated heterocycles. The highest BCUT2D eigenvalue weighted by Gasteiger charge is 2.16. The summed E-state index contributed by atoms with van der Waals surface area (Å²) in [7, 11) is 0. The van der Waals surface area contributed by atoms with Crippen molar-refractivity contribution in [2.24, 2.45) is 0 Å². The van der Waals surface area contributed by atoms with Crippen molar-refractivity contribution < 1.29 is 13.3 Å². The fourth-order valence-corrected chi connectivity index (χ4v) is 2.41. The number of benzene rings is 1. The highest BCUT2D eigenvalue weighted by Crippen LogP contribution is 2.11. The third kappa shape index (κ3) is 2.11. The van der Waals surface area contributed by atoms with E-state index in [0.717, 1.165) is 16.8 Å². The fourth-order valence-electron chi connectivity index (χ4n) is 1.60. The first-order chi connectivity index (χ1) is 7.58. The van der Waals surface area contributed by atoms with Gasteiger partial charge in [0.2, 0.25) is 5.01 Å². The van der Waals surface area contributed by atoms with Gasteiger partial charge in [-0.1, -0.05) is 11.3 Å². The summed E-state index contributed by atoms with van der Waals surface area (Å²) in [5, 5.41) is 3.14. The molecular formula is C12H12F2NS+. The maximum absolute atomic E-state index is 13.5. The Balaban J connectivity index is 2.34. The molecule has 1 nitrogen and oxygen atoms in total. The monoisotopic (exact) mass is 240 g/mol.